The van der Waals surface area contributed by atoms with E-state index in [0.29, 0.717) is 11.5 Å². The van der Waals surface area contributed by atoms with Gasteiger partial charge in [-0.2, -0.15) is 0 Å². The Kier molecular flexibility index (Phi) is 5.07. The van der Waals surface area contributed by atoms with Gasteiger partial charge in [0.2, 0.25) is 0 Å². The molecule has 15 heavy (non-hydrogen) atoms. The van der Waals surface area contributed by atoms with Crippen LogP contribution in [0.3, 0.4) is 0 Å². The van der Waals surface area contributed by atoms with E-state index in [1.807, 2.05) is 0 Å². The molecule has 1 aliphatic rings. The summed E-state index contributed by atoms with van der Waals surface area (Å²) in [6.07, 6.45) is 3.66. The molecule has 2 heteroatoms. The topological polar surface area (TPSA) is 21.3 Å². The number of nitrogens with one attached hydrogen (secondary N) is 1. The Morgan fingerprint density at radius 2 is 2.00 bits per heavy atom. The van der Waals surface area contributed by atoms with Crippen molar-refractivity contribution in [3.8, 4) is 0 Å². The average molecular weight is 213 g/mol. The van der Waals surface area contributed by atoms with Crippen LogP contribution in [0.25, 0.3) is 0 Å². The molecule has 1 N–H and O–H groups in total. The monoisotopic (exact) mass is 213 g/mol. The van der Waals surface area contributed by atoms with E-state index in [4.69, 9.17) is 4.74 Å². The third-order valence-corrected chi connectivity index (χ3v) is 3.64. The van der Waals surface area contributed by atoms with Crippen molar-refractivity contribution in [1.82, 2.24) is 5.32 Å². The zero-order valence-electron chi connectivity index (χ0n) is 10.8. The minimum Gasteiger partial charge on any atom is -0.381 e. The molecule has 0 amide bonds. The largest absolute Gasteiger partial charge is 0.381 e. The summed E-state index contributed by atoms with van der Waals surface area (Å²) in [6.45, 7) is 12.3. The highest BCUT2D eigenvalue weighted by molar-refractivity contribution is 4.76. The zero-order valence-corrected chi connectivity index (χ0v) is 10.8. The van der Waals surface area contributed by atoms with Gasteiger partial charge in [0.05, 0.1) is 0 Å². The molecular weight excluding hydrogens is 186 g/mol. The second kappa shape index (κ2) is 5.86. The van der Waals surface area contributed by atoms with Crippen molar-refractivity contribution in [3.05, 3.63) is 0 Å². The van der Waals surface area contributed by atoms with Crippen molar-refractivity contribution in [2.75, 3.05) is 19.8 Å². The molecule has 0 aromatic heterocycles. The molecular formula is C13H27NO. The van der Waals surface area contributed by atoms with Gasteiger partial charge in [0, 0.05) is 19.3 Å². The maximum atomic E-state index is 5.46. The third-order valence-electron chi connectivity index (χ3n) is 3.64. The van der Waals surface area contributed by atoms with Crippen LogP contribution in [0.15, 0.2) is 0 Å². The van der Waals surface area contributed by atoms with Crippen molar-refractivity contribution >= 4 is 0 Å². The normalized spacial score (nSPS) is 26.0. The first-order chi connectivity index (χ1) is 7.00. The third kappa shape index (κ3) is 4.98. The van der Waals surface area contributed by atoms with Crippen LogP contribution in [-0.4, -0.2) is 25.8 Å². The van der Waals surface area contributed by atoms with Gasteiger partial charge < -0.3 is 10.1 Å². The summed E-state index contributed by atoms with van der Waals surface area (Å²) in [4.78, 5) is 0. The molecule has 1 fully saturated rings. The maximum Gasteiger partial charge on any atom is 0.0480 e. The van der Waals surface area contributed by atoms with Gasteiger partial charge in [0.15, 0.2) is 0 Å². The first-order valence-electron chi connectivity index (χ1n) is 6.31. The molecule has 90 valence electrons. The van der Waals surface area contributed by atoms with E-state index in [1.165, 1.54) is 19.3 Å². The lowest BCUT2D eigenvalue weighted by molar-refractivity contribution is 0.142. The Balaban J connectivity index is 2.23. The van der Waals surface area contributed by atoms with Gasteiger partial charge in [-0.05, 0) is 37.1 Å². The van der Waals surface area contributed by atoms with E-state index in [-0.39, 0.29) is 0 Å². The van der Waals surface area contributed by atoms with Crippen LogP contribution in [0.4, 0.5) is 0 Å². The van der Waals surface area contributed by atoms with Crippen molar-refractivity contribution < 1.29 is 4.74 Å². The zero-order chi connectivity index (χ0) is 11.3. The van der Waals surface area contributed by atoms with Gasteiger partial charge in [-0.1, -0.05) is 27.7 Å². The SMILES string of the molecule is CC(CNC1CCCOCC1)C(C)(C)C. The molecule has 0 aromatic rings. The molecule has 1 rings (SSSR count). The standard InChI is InChI=1S/C13H27NO/c1-11(13(2,3)4)10-14-12-6-5-8-15-9-7-12/h11-12,14H,5-10H2,1-4H3. The summed E-state index contributed by atoms with van der Waals surface area (Å²) in [7, 11) is 0. The van der Waals surface area contributed by atoms with Crippen molar-refractivity contribution in [2.45, 2.75) is 53.0 Å². The Morgan fingerprint density at radius 3 is 2.67 bits per heavy atom. The second-order valence-electron chi connectivity index (χ2n) is 5.92. The highest BCUT2D eigenvalue weighted by Crippen LogP contribution is 2.24. The summed E-state index contributed by atoms with van der Waals surface area (Å²) in [5.74, 6) is 0.724. The Bertz CT molecular complexity index is 166. The Hall–Kier alpha value is -0.0800. The van der Waals surface area contributed by atoms with E-state index < -0.39 is 0 Å². The summed E-state index contributed by atoms with van der Waals surface area (Å²) in [6, 6.07) is 0.678. The average Bonchev–Trinajstić information content (AvgIpc) is 2.40. The summed E-state index contributed by atoms with van der Waals surface area (Å²) in [5, 5.41) is 3.69. The lowest BCUT2D eigenvalue weighted by Crippen LogP contribution is -2.36. The van der Waals surface area contributed by atoms with Crippen LogP contribution in [0.1, 0.15) is 47.0 Å². The molecule has 0 aliphatic carbocycles. The van der Waals surface area contributed by atoms with Crippen molar-refractivity contribution in [2.24, 2.45) is 11.3 Å². The van der Waals surface area contributed by atoms with Crippen LogP contribution in [0, 0.1) is 11.3 Å². The molecule has 0 bridgehead atoms. The van der Waals surface area contributed by atoms with E-state index in [1.54, 1.807) is 0 Å². The van der Waals surface area contributed by atoms with Crippen molar-refractivity contribution in [1.29, 1.82) is 0 Å². The van der Waals surface area contributed by atoms with Gasteiger partial charge in [0.1, 0.15) is 0 Å². The fourth-order valence-corrected chi connectivity index (χ4v) is 1.76. The highest BCUT2D eigenvalue weighted by Gasteiger charge is 2.21. The summed E-state index contributed by atoms with van der Waals surface area (Å²) >= 11 is 0. The van der Waals surface area contributed by atoms with Crippen molar-refractivity contribution in [3.63, 3.8) is 0 Å². The molecule has 1 aliphatic heterocycles. The van der Waals surface area contributed by atoms with Gasteiger partial charge >= 0.3 is 0 Å². The number of ether oxygens (including phenoxy) is 1. The molecule has 2 atom stereocenters. The van der Waals surface area contributed by atoms with Gasteiger partial charge in [-0.25, -0.2) is 0 Å². The fourth-order valence-electron chi connectivity index (χ4n) is 1.76. The molecule has 2 nitrogen and oxygen atoms in total. The summed E-state index contributed by atoms with van der Waals surface area (Å²) in [5.41, 5.74) is 0.411. The minimum atomic E-state index is 0.411. The number of hydrogen-bond acceptors (Lipinski definition) is 2. The lowest BCUT2D eigenvalue weighted by atomic mass is 9.82. The van der Waals surface area contributed by atoms with Crippen LogP contribution >= 0.6 is 0 Å². The predicted octanol–water partition coefficient (Wildman–Crippen LogP) is 2.83. The molecule has 1 heterocycles. The second-order valence-corrected chi connectivity index (χ2v) is 5.92. The van der Waals surface area contributed by atoms with Gasteiger partial charge in [-0.3, -0.25) is 0 Å². The minimum absolute atomic E-state index is 0.411. The quantitative estimate of drug-likeness (QED) is 0.778. The summed E-state index contributed by atoms with van der Waals surface area (Å²) < 4.78 is 5.46. The van der Waals surface area contributed by atoms with Crippen LogP contribution in [-0.2, 0) is 4.74 Å². The highest BCUT2D eigenvalue weighted by atomic mass is 16.5. The first-order valence-corrected chi connectivity index (χ1v) is 6.31. The molecule has 0 saturated carbocycles. The smallest absolute Gasteiger partial charge is 0.0480 e. The Morgan fingerprint density at radius 1 is 1.27 bits per heavy atom. The molecule has 0 spiro atoms. The first kappa shape index (κ1) is 13.0. The van der Waals surface area contributed by atoms with E-state index in [9.17, 15) is 0 Å². The molecule has 2 unspecified atom stereocenters. The predicted molar refractivity (Wildman–Crippen MR) is 65.1 cm³/mol. The van der Waals surface area contributed by atoms with E-state index >= 15 is 0 Å². The Labute approximate surface area is 94.8 Å². The van der Waals surface area contributed by atoms with Gasteiger partial charge in [0.25, 0.3) is 0 Å². The number of hydrogen-bond donors (Lipinski definition) is 1. The van der Waals surface area contributed by atoms with E-state index in [0.717, 1.165) is 25.7 Å². The fraction of sp³-hybridized carbons (Fsp3) is 1.00. The van der Waals surface area contributed by atoms with Crippen LogP contribution < -0.4 is 5.32 Å². The number of rotatable bonds is 3. The lowest BCUT2D eigenvalue weighted by Gasteiger charge is -2.29. The molecule has 0 aromatic carbocycles. The molecule has 1 saturated heterocycles. The van der Waals surface area contributed by atoms with E-state index in [2.05, 4.69) is 33.0 Å². The maximum absolute atomic E-state index is 5.46. The molecule has 0 radical (unpaired) electrons. The van der Waals surface area contributed by atoms with Crippen LogP contribution in [0.2, 0.25) is 0 Å². The van der Waals surface area contributed by atoms with Crippen LogP contribution in [0.5, 0.6) is 0 Å². The van der Waals surface area contributed by atoms with Gasteiger partial charge in [-0.15, -0.1) is 0 Å².